The Balaban J connectivity index is 1.62. The second kappa shape index (κ2) is 16.1. The van der Waals surface area contributed by atoms with Gasteiger partial charge >= 0.3 is 6.03 Å². The molecule has 1 saturated heterocycles. The molecule has 2 fully saturated rings. The number of hydrogen-bond acceptors (Lipinski definition) is 7. The van der Waals surface area contributed by atoms with Crippen molar-refractivity contribution in [1.82, 2.24) is 30.5 Å². The number of fused-ring (bicyclic) bond motifs is 2. The zero-order valence-corrected chi connectivity index (χ0v) is 34.6. The van der Waals surface area contributed by atoms with Gasteiger partial charge in [0.15, 0.2) is 0 Å². The summed E-state index contributed by atoms with van der Waals surface area (Å²) >= 11 is 0. The Kier molecular flexibility index (Phi) is 12.8. The van der Waals surface area contributed by atoms with Gasteiger partial charge in [-0.15, -0.1) is 6.58 Å². The molecule has 1 unspecified atom stereocenters. The molecule has 1 aliphatic heterocycles. The third-order valence-electron chi connectivity index (χ3n) is 11.7. The van der Waals surface area contributed by atoms with Crippen molar-refractivity contribution in [3.8, 4) is 0 Å². The molecule has 300 valence electrons. The number of likely N-dealkylation sites (tertiary alicyclic amines) is 1. The molecule has 4 rings (SSSR count). The van der Waals surface area contributed by atoms with Gasteiger partial charge in [-0.3, -0.25) is 19.2 Å². The van der Waals surface area contributed by atoms with E-state index in [1.54, 1.807) is 25.7 Å². The first-order valence-corrected chi connectivity index (χ1v) is 20.5. The van der Waals surface area contributed by atoms with Gasteiger partial charge < -0.3 is 26.2 Å². The van der Waals surface area contributed by atoms with Crippen LogP contribution in [0, 0.1) is 28.6 Å². The maximum Gasteiger partial charge on any atom is 0.315 e. The Morgan fingerprint density at radius 1 is 1.00 bits per heavy atom. The van der Waals surface area contributed by atoms with Crippen molar-refractivity contribution in [3.63, 3.8) is 0 Å². The molecule has 0 bridgehead atoms. The van der Waals surface area contributed by atoms with Crippen LogP contribution in [0.1, 0.15) is 86.3 Å². The number of benzene rings is 1. The van der Waals surface area contributed by atoms with Crippen molar-refractivity contribution in [2.45, 2.75) is 117 Å². The molecule has 1 saturated carbocycles. The van der Waals surface area contributed by atoms with E-state index in [0.717, 1.165) is 11.1 Å². The minimum atomic E-state index is -3.70. The SMILES string of the molecule is C=CCNC(=O)C(=O)C(CCC)NC(=O)[C@@H]1[C@@H]2[C@H](CN1C(=O)[C@@H](NC(=O)N[C@H](CN(C)S(=O)(=O)C(C)(C)C)C(C)(C)C)C1Cc3ccccc3C1)C2(C)C. The number of ketones is 1. The lowest BCUT2D eigenvalue weighted by atomic mass is 9.86. The average Bonchev–Trinajstić information content (AvgIpc) is 3.43. The van der Waals surface area contributed by atoms with Crippen molar-refractivity contribution in [1.29, 1.82) is 0 Å². The van der Waals surface area contributed by atoms with Crippen molar-refractivity contribution in [2.75, 3.05) is 26.7 Å². The van der Waals surface area contributed by atoms with Gasteiger partial charge in [0.2, 0.25) is 27.6 Å². The van der Waals surface area contributed by atoms with Crippen molar-refractivity contribution >= 4 is 39.6 Å². The summed E-state index contributed by atoms with van der Waals surface area (Å²) in [5, 5.41) is 11.3. The lowest BCUT2D eigenvalue weighted by Crippen LogP contribution is -2.62. The number of likely N-dealkylation sites (N-methyl/N-ethyl adjacent to an activating group) is 1. The standard InChI is InChI=1S/C40H62N6O7S/c1-12-16-28(33(47)35(49)41-19-13-2)42-34(48)32-30-27(40(30,9)10)22-46(32)36(50)31(26-20-24-17-14-15-18-25(24)21-26)44-37(51)43-29(38(3,4)5)23-45(11)54(52,53)39(6,7)8/h13-15,17-18,26-32H,2,12,16,19-23H2,1,3-11H3,(H,41,49)(H,42,48)(H2,43,44,51)/t27-,28?,29+,30-,31-,32-/m0/s1. The van der Waals surface area contributed by atoms with E-state index in [1.165, 1.54) is 17.4 Å². The zero-order valence-electron chi connectivity index (χ0n) is 33.7. The van der Waals surface area contributed by atoms with Crippen LogP contribution in [0.4, 0.5) is 4.79 Å². The Hall–Kier alpha value is -3.78. The molecule has 0 aromatic heterocycles. The van der Waals surface area contributed by atoms with Crippen LogP contribution in [0.15, 0.2) is 36.9 Å². The fourth-order valence-corrected chi connectivity index (χ4v) is 9.41. The number of sulfonamides is 1. The zero-order chi connectivity index (χ0) is 40.6. The Morgan fingerprint density at radius 3 is 2.11 bits per heavy atom. The van der Waals surface area contributed by atoms with Crippen LogP contribution < -0.4 is 21.3 Å². The summed E-state index contributed by atoms with van der Waals surface area (Å²) in [5.74, 6) is -2.92. The normalized spacial score (nSPS) is 22.4. The molecule has 0 spiro atoms. The number of piperidine rings is 1. The molecule has 3 aliphatic rings. The second-order valence-electron chi connectivity index (χ2n) is 18.0. The first-order valence-electron chi connectivity index (χ1n) is 19.1. The number of hydrogen-bond donors (Lipinski definition) is 4. The van der Waals surface area contributed by atoms with Gasteiger partial charge in [-0.25, -0.2) is 17.5 Å². The summed E-state index contributed by atoms with van der Waals surface area (Å²) in [5.41, 5.74) is 1.38. The maximum atomic E-state index is 14.9. The Morgan fingerprint density at radius 2 is 1.59 bits per heavy atom. The minimum Gasteiger partial charge on any atom is -0.346 e. The van der Waals surface area contributed by atoms with Crippen molar-refractivity contribution in [2.24, 2.45) is 28.6 Å². The lowest BCUT2D eigenvalue weighted by molar-refractivity contribution is -0.144. The lowest BCUT2D eigenvalue weighted by Gasteiger charge is -2.38. The minimum absolute atomic E-state index is 0.0140. The van der Waals surface area contributed by atoms with Gasteiger partial charge in [0.1, 0.15) is 12.1 Å². The van der Waals surface area contributed by atoms with E-state index in [4.69, 9.17) is 0 Å². The van der Waals surface area contributed by atoms with Gasteiger partial charge in [0.05, 0.1) is 10.8 Å². The number of urea groups is 1. The molecule has 54 heavy (non-hydrogen) atoms. The second-order valence-corrected chi connectivity index (χ2v) is 20.7. The molecule has 4 N–H and O–H groups in total. The van der Waals surface area contributed by atoms with Crippen LogP contribution in [0.25, 0.3) is 0 Å². The van der Waals surface area contributed by atoms with Crippen molar-refractivity contribution < 1.29 is 32.4 Å². The predicted molar refractivity (Wildman–Crippen MR) is 209 cm³/mol. The molecular formula is C40H62N6O7S. The maximum absolute atomic E-state index is 14.9. The fourth-order valence-electron chi connectivity index (χ4n) is 8.13. The molecule has 6 atom stereocenters. The summed E-state index contributed by atoms with van der Waals surface area (Å²) in [6.45, 7) is 20.6. The first-order chi connectivity index (χ1) is 25.0. The molecule has 1 aromatic rings. The molecular weight excluding hydrogens is 709 g/mol. The van der Waals surface area contributed by atoms with E-state index in [9.17, 15) is 32.4 Å². The molecule has 5 amide bonds. The smallest absolute Gasteiger partial charge is 0.315 e. The van der Waals surface area contributed by atoms with Crippen LogP contribution in [0.2, 0.25) is 0 Å². The van der Waals surface area contributed by atoms with E-state index in [0.29, 0.717) is 25.8 Å². The molecule has 1 aromatic carbocycles. The van der Waals surface area contributed by atoms with E-state index in [-0.39, 0.29) is 42.7 Å². The van der Waals surface area contributed by atoms with Gasteiger partial charge in [-0.1, -0.05) is 78.3 Å². The Labute approximate surface area is 321 Å². The quantitative estimate of drug-likeness (QED) is 0.157. The average molecular weight is 771 g/mol. The van der Waals surface area contributed by atoms with Gasteiger partial charge in [-0.05, 0) is 79.7 Å². The van der Waals surface area contributed by atoms with E-state index in [1.807, 2.05) is 52.0 Å². The van der Waals surface area contributed by atoms with Crippen molar-refractivity contribution in [3.05, 3.63) is 48.0 Å². The molecule has 13 nitrogen and oxygen atoms in total. The number of carbonyl (C=O) groups is 5. The molecule has 0 radical (unpaired) electrons. The molecule has 2 aliphatic carbocycles. The topological polar surface area (TPSA) is 174 Å². The number of rotatable bonds is 15. The number of nitrogens with zero attached hydrogens (tertiary/aromatic N) is 2. The highest BCUT2D eigenvalue weighted by atomic mass is 32.2. The summed E-state index contributed by atoms with van der Waals surface area (Å²) in [6.07, 6.45) is 3.32. The number of amides is 5. The Bertz CT molecular complexity index is 1700. The summed E-state index contributed by atoms with van der Waals surface area (Å²) in [4.78, 5) is 70.3. The highest BCUT2D eigenvalue weighted by Gasteiger charge is 2.70. The largest absolute Gasteiger partial charge is 0.346 e. The predicted octanol–water partition coefficient (Wildman–Crippen LogP) is 3.18. The van der Waals surface area contributed by atoms with Crippen LogP contribution in [0.5, 0.6) is 0 Å². The summed E-state index contributed by atoms with van der Waals surface area (Å²) in [6, 6.07) is 3.69. The summed E-state index contributed by atoms with van der Waals surface area (Å²) in [7, 11) is -2.20. The molecule has 14 heteroatoms. The van der Waals surface area contributed by atoms with E-state index < -0.39 is 73.9 Å². The third kappa shape index (κ3) is 9.01. The number of carbonyl (C=O) groups excluding carboxylic acids is 5. The molecule has 1 heterocycles. The fraction of sp³-hybridized carbons (Fsp3) is 0.675. The van der Waals surface area contributed by atoms with Gasteiger partial charge in [0, 0.05) is 32.7 Å². The number of Topliss-reactive ketones (excluding diaryl/α,β-unsaturated/α-hetero) is 1. The van der Waals surface area contributed by atoms with Gasteiger partial charge in [-0.2, -0.15) is 0 Å². The highest BCUT2D eigenvalue weighted by Crippen LogP contribution is 2.65. The van der Waals surface area contributed by atoms with Crippen LogP contribution >= 0.6 is 0 Å². The highest BCUT2D eigenvalue weighted by molar-refractivity contribution is 7.90. The summed E-state index contributed by atoms with van der Waals surface area (Å²) < 4.78 is 26.7. The third-order valence-corrected chi connectivity index (χ3v) is 14.2. The number of nitrogens with one attached hydrogen (secondary N) is 4. The van der Waals surface area contributed by atoms with Gasteiger partial charge in [0.25, 0.3) is 5.91 Å². The monoisotopic (exact) mass is 770 g/mol. The van der Waals surface area contributed by atoms with E-state index in [2.05, 4.69) is 41.7 Å². The van der Waals surface area contributed by atoms with E-state index >= 15 is 0 Å². The van der Waals surface area contributed by atoms with Crippen LogP contribution in [-0.2, 0) is 42.0 Å². The van der Waals surface area contributed by atoms with Crippen LogP contribution in [0.3, 0.4) is 0 Å². The van der Waals surface area contributed by atoms with Crippen LogP contribution in [-0.4, -0.2) is 103 Å². The first kappa shape index (κ1) is 43.0.